The third-order valence-corrected chi connectivity index (χ3v) is 4.50. The van der Waals surface area contributed by atoms with Gasteiger partial charge in [0.15, 0.2) is 5.96 Å². The van der Waals surface area contributed by atoms with Gasteiger partial charge in [-0.2, -0.15) is 0 Å². The number of aryl methyl sites for hydroxylation is 1. The van der Waals surface area contributed by atoms with E-state index < -0.39 is 0 Å². The molecule has 3 aromatic rings. The van der Waals surface area contributed by atoms with Crippen molar-refractivity contribution < 1.29 is 0 Å². The summed E-state index contributed by atoms with van der Waals surface area (Å²) in [7, 11) is 3.89. The monoisotopic (exact) mass is 349 g/mol. The highest BCUT2D eigenvalue weighted by atomic mass is 15.3. The number of aromatic nitrogens is 2. The second kappa shape index (κ2) is 8.52. The van der Waals surface area contributed by atoms with Gasteiger partial charge in [0.1, 0.15) is 5.65 Å². The number of hydrogen-bond acceptors (Lipinski definition) is 2. The molecule has 0 aliphatic rings. The summed E-state index contributed by atoms with van der Waals surface area (Å²) in [6, 6.07) is 14.8. The minimum Gasteiger partial charge on any atom is -0.356 e. The van der Waals surface area contributed by atoms with Gasteiger partial charge in [0.25, 0.3) is 0 Å². The standard InChI is InChI=1S/C21H27N5/c1-4-17-8-10-18(11-9-17)15-25(3)21(22-2)23-13-12-19-16-26-14-6-5-7-20(26)24-19/h5-11,14,16H,4,12-13,15H2,1-3H3,(H,22,23). The molecule has 0 aliphatic carbocycles. The maximum absolute atomic E-state index is 4.63. The van der Waals surface area contributed by atoms with E-state index in [4.69, 9.17) is 0 Å². The smallest absolute Gasteiger partial charge is 0.193 e. The fourth-order valence-corrected chi connectivity index (χ4v) is 3.02. The molecule has 1 aromatic carbocycles. The van der Waals surface area contributed by atoms with Crippen molar-refractivity contribution in [2.75, 3.05) is 20.6 Å². The van der Waals surface area contributed by atoms with Gasteiger partial charge in [-0.05, 0) is 29.7 Å². The van der Waals surface area contributed by atoms with Gasteiger partial charge in [0.05, 0.1) is 5.69 Å². The predicted octanol–water partition coefficient (Wildman–Crippen LogP) is 3.15. The summed E-state index contributed by atoms with van der Waals surface area (Å²) in [6.45, 7) is 3.81. The molecule has 0 unspecified atom stereocenters. The Balaban J connectivity index is 1.53. The number of nitrogens with one attached hydrogen (secondary N) is 1. The van der Waals surface area contributed by atoms with Gasteiger partial charge in [0, 0.05) is 46.0 Å². The number of rotatable bonds is 6. The summed E-state index contributed by atoms with van der Waals surface area (Å²) in [6.07, 6.45) is 6.04. The first-order valence-corrected chi connectivity index (χ1v) is 9.12. The Bertz CT molecular complexity index is 830. The number of pyridine rings is 1. The van der Waals surface area contributed by atoms with E-state index in [1.165, 1.54) is 11.1 Å². The zero-order chi connectivity index (χ0) is 18.4. The maximum Gasteiger partial charge on any atom is 0.193 e. The topological polar surface area (TPSA) is 44.9 Å². The number of hydrogen-bond donors (Lipinski definition) is 1. The van der Waals surface area contributed by atoms with E-state index in [0.29, 0.717) is 0 Å². The van der Waals surface area contributed by atoms with E-state index in [-0.39, 0.29) is 0 Å². The highest BCUT2D eigenvalue weighted by molar-refractivity contribution is 5.79. The Hall–Kier alpha value is -2.82. The van der Waals surface area contributed by atoms with Crippen LogP contribution in [-0.2, 0) is 19.4 Å². The van der Waals surface area contributed by atoms with Gasteiger partial charge in [-0.25, -0.2) is 4.98 Å². The van der Waals surface area contributed by atoms with Gasteiger partial charge in [0.2, 0.25) is 0 Å². The highest BCUT2D eigenvalue weighted by Crippen LogP contribution is 2.08. The molecule has 0 fully saturated rings. The van der Waals surface area contributed by atoms with Crippen molar-refractivity contribution in [3.63, 3.8) is 0 Å². The third kappa shape index (κ3) is 4.42. The van der Waals surface area contributed by atoms with Crippen LogP contribution in [0.15, 0.2) is 59.9 Å². The molecule has 0 bridgehead atoms. The van der Waals surface area contributed by atoms with Crippen LogP contribution in [0.2, 0.25) is 0 Å². The van der Waals surface area contributed by atoms with Crippen LogP contribution in [0.5, 0.6) is 0 Å². The van der Waals surface area contributed by atoms with Crippen molar-refractivity contribution in [3.8, 4) is 0 Å². The molecule has 1 N–H and O–H groups in total. The summed E-state index contributed by atoms with van der Waals surface area (Å²) >= 11 is 0. The lowest BCUT2D eigenvalue weighted by Crippen LogP contribution is -2.39. The van der Waals surface area contributed by atoms with Crippen LogP contribution < -0.4 is 5.32 Å². The Kier molecular flexibility index (Phi) is 5.89. The van der Waals surface area contributed by atoms with Gasteiger partial charge >= 0.3 is 0 Å². The number of guanidine groups is 1. The Morgan fingerprint density at radius 3 is 2.62 bits per heavy atom. The highest BCUT2D eigenvalue weighted by Gasteiger charge is 2.07. The van der Waals surface area contributed by atoms with Crippen molar-refractivity contribution >= 4 is 11.6 Å². The van der Waals surface area contributed by atoms with Crippen molar-refractivity contribution in [3.05, 3.63) is 71.7 Å². The first kappa shape index (κ1) is 18.0. The largest absolute Gasteiger partial charge is 0.356 e. The lowest BCUT2D eigenvalue weighted by atomic mass is 10.1. The van der Waals surface area contributed by atoms with Crippen LogP contribution in [0.1, 0.15) is 23.7 Å². The Morgan fingerprint density at radius 1 is 1.15 bits per heavy atom. The molecular weight excluding hydrogens is 322 g/mol. The number of aliphatic imine (C=N–C) groups is 1. The number of benzene rings is 1. The van der Waals surface area contributed by atoms with E-state index in [2.05, 4.69) is 69.0 Å². The summed E-state index contributed by atoms with van der Waals surface area (Å²) in [5.74, 6) is 0.897. The zero-order valence-electron chi connectivity index (χ0n) is 15.8. The van der Waals surface area contributed by atoms with Crippen molar-refractivity contribution in [1.82, 2.24) is 19.6 Å². The molecule has 26 heavy (non-hydrogen) atoms. The Labute approximate surface area is 155 Å². The summed E-state index contributed by atoms with van der Waals surface area (Å²) < 4.78 is 2.05. The number of fused-ring (bicyclic) bond motifs is 1. The van der Waals surface area contributed by atoms with Gasteiger partial charge in [-0.15, -0.1) is 0 Å². The molecule has 0 saturated carbocycles. The first-order chi connectivity index (χ1) is 12.7. The molecule has 0 amide bonds. The predicted molar refractivity (Wildman–Crippen MR) is 108 cm³/mol. The van der Waals surface area contributed by atoms with Crippen LogP contribution in [0, 0.1) is 0 Å². The number of imidazole rings is 1. The minimum absolute atomic E-state index is 0.801. The Morgan fingerprint density at radius 2 is 1.92 bits per heavy atom. The second-order valence-electron chi connectivity index (χ2n) is 6.45. The molecule has 0 spiro atoms. The lowest BCUT2D eigenvalue weighted by Gasteiger charge is -2.22. The number of nitrogens with zero attached hydrogens (tertiary/aromatic N) is 4. The minimum atomic E-state index is 0.801. The van der Waals surface area contributed by atoms with E-state index >= 15 is 0 Å². The molecule has 3 rings (SSSR count). The molecule has 0 atom stereocenters. The molecule has 2 aromatic heterocycles. The molecule has 5 nitrogen and oxygen atoms in total. The maximum atomic E-state index is 4.63. The van der Waals surface area contributed by atoms with Crippen molar-refractivity contribution in [1.29, 1.82) is 0 Å². The zero-order valence-corrected chi connectivity index (χ0v) is 15.8. The third-order valence-electron chi connectivity index (χ3n) is 4.50. The fourth-order valence-electron chi connectivity index (χ4n) is 3.02. The molecular formula is C21H27N5. The molecule has 2 heterocycles. The average Bonchev–Trinajstić information content (AvgIpc) is 3.08. The van der Waals surface area contributed by atoms with Crippen molar-refractivity contribution in [2.45, 2.75) is 26.3 Å². The fraction of sp³-hybridized carbons (Fsp3) is 0.333. The molecule has 0 saturated heterocycles. The van der Waals surface area contributed by atoms with Crippen LogP contribution in [0.3, 0.4) is 0 Å². The normalized spacial score (nSPS) is 11.7. The summed E-state index contributed by atoms with van der Waals surface area (Å²) in [4.78, 5) is 11.2. The van der Waals surface area contributed by atoms with Crippen LogP contribution >= 0.6 is 0 Å². The second-order valence-corrected chi connectivity index (χ2v) is 6.45. The molecule has 5 heteroatoms. The van der Waals surface area contributed by atoms with E-state index in [1.54, 1.807) is 0 Å². The summed E-state index contributed by atoms with van der Waals surface area (Å²) in [5.41, 5.74) is 4.72. The molecule has 0 aliphatic heterocycles. The quantitative estimate of drug-likeness (QED) is 0.549. The average molecular weight is 349 g/mol. The van der Waals surface area contributed by atoms with Crippen LogP contribution in [-0.4, -0.2) is 40.9 Å². The van der Waals surface area contributed by atoms with Gasteiger partial charge in [-0.3, -0.25) is 4.99 Å². The van der Waals surface area contributed by atoms with E-state index in [1.807, 2.05) is 31.4 Å². The van der Waals surface area contributed by atoms with Gasteiger partial charge < -0.3 is 14.6 Å². The van der Waals surface area contributed by atoms with Crippen LogP contribution in [0.25, 0.3) is 5.65 Å². The van der Waals surface area contributed by atoms with E-state index in [0.717, 1.165) is 43.2 Å². The molecule has 0 radical (unpaired) electrons. The lowest BCUT2D eigenvalue weighted by molar-refractivity contribution is 0.477. The van der Waals surface area contributed by atoms with E-state index in [9.17, 15) is 0 Å². The SMILES string of the molecule is CCc1ccc(CN(C)C(=NC)NCCc2cn3ccccc3n2)cc1. The summed E-state index contributed by atoms with van der Waals surface area (Å²) in [5, 5.41) is 3.43. The van der Waals surface area contributed by atoms with Gasteiger partial charge in [-0.1, -0.05) is 37.3 Å². The van der Waals surface area contributed by atoms with Crippen molar-refractivity contribution in [2.24, 2.45) is 4.99 Å². The molecule has 136 valence electrons. The first-order valence-electron chi connectivity index (χ1n) is 9.12. The van der Waals surface area contributed by atoms with Crippen LogP contribution in [0.4, 0.5) is 0 Å².